The first kappa shape index (κ1) is 7.21. The molecule has 0 fully saturated rings. The molecule has 1 aliphatic heterocycles. The number of fused-ring (bicyclic) bond motifs is 1. The average molecular weight is 169 g/mol. The molecular weight excluding hydrogens is 161 g/mol. The van der Waals surface area contributed by atoms with Crippen LogP contribution in [0.1, 0.15) is 5.56 Å². The van der Waals surface area contributed by atoms with Crippen LogP contribution in [-0.4, -0.2) is 11.7 Å². The molecule has 0 amide bonds. The Labute approximate surface area is 68.6 Å². The van der Waals surface area contributed by atoms with Gasteiger partial charge in [0.1, 0.15) is 11.4 Å². The van der Waals surface area contributed by atoms with Crippen molar-refractivity contribution in [3.05, 3.63) is 17.4 Å². The van der Waals surface area contributed by atoms with Crippen LogP contribution in [0.2, 0.25) is 0 Å². The van der Waals surface area contributed by atoms with Gasteiger partial charge in [-0.15, -0.1) is 0 Å². The van der Waals surface area contributed by atoms with Crippen LogP contribution >= 0.6 is 0 Å². The Morgan fingerprint density at radius 2 is 2.33 bits per heavy atom. The number of nitrogens with two attached hydrogens (primary N) is 1. The van der Waals surface area contributed by atoms with Gasteiger partial charge in [-0.2, -0.15) is 0 Å². The highest BCUT2D eigenvalue weighted by Crippen LogP contribution is 2.39. The van der Waals surface area contributed by atoms with Gasteiger partial charge >= 0.3 is 0 Å². The van der Waals surface area contributed by atoms with Crippen molar-refractivity contribution in [2.75, 3.05) is 12.3 Å². The summed E-state index contributed by atoms with van der Waals surface area (Å²) in [6, 6.07) is 1.02. The van der Waals surface area contributed by atoms with Gasteiger partial charge < -0.3 is 15.6 Å². The van der Waals surface area contributed by atoms with Gasteiger partial charge in [-0.3, -0.25) is 0 Å². The third-order valence-electron chi connectivity index (χ3n) is 1.95. The Bertz CT molecular complexity index is 338. The van der Waals surface area contributed by atoms with Crippen molar-refractivity contribution < 1.29 is 14.2 Å². The Hall–Kier alpha value is -1.45. The quantitative estimate of drug-likeness (QED) is 0.450. The lowest BCUT2D eigenvalue weighted by atomic mass is 10.1. The van der Waals surface area contributed by atoms with E-state index in [-0.39, 0.29) is 11.4 Å². The summed E-state index contributed by atoms with van der Waals surface area (Å²) >= 11 is 0. The van der Waals surface area contributed by atoms with Crippen LogP contribution in [0, 0.1) is 5.82 Å². The summed E-state index contributed by atoms with van der Waals surface area (Å²) in [7, 11) is 0. The van der Waals surface area contributed by atoms with Crippen molar-refractivity contribution in [2.45, 2.75) is 6.42 Å². The van der Waals surface area contributed by atoms with E-state index in [9.17, 15) is 9.50 Å². The van der Waals surface area contributed by atoms with Crippen molar-refractivity contribution in [3.8, 4) is 11.5 Å². The number of halogens is 1. The van der Waals surface area contributed by atoms with Crippen molar-refractivity contribution in [1.82, 2.24) is 0 Å². The number of ether oxygens (including phenoxy) is 1. The molecule has 0 aliphatic carbocycles. The molecule has 0 spiro atoms. The van der Waals surface area contributed by atoms with Gasteiger partial charge in [-0.25, -0.2) is 4.39 Å². The maximum absolute atomic E-state index is 12.9. The Morgan fingerprint density at radius 3 is 3.08 bits per heavy atom. The summed E-state index contributed by atoms with van der Waals surface area (Å²) in [5.74, 6) is -0.408. The molecule has 1 heterocycles. The van der Waals surface area contributed by atoms with Crippen molar-refractivity contribution >= 4 is 5.69 Å². The zero-order valence-electron chi connectivity index (χ0n) is 6.30. The van der Waals surface area contributed by atoms with Crippen LogP contribution in [0.25, 0.3) is 0 Å². The SMILES string of the molecule is Nc1c(F)cc(O)c2c1OCC2. The molecule has 1 aromatic rings. The molecule has 4 heteroatoms. The number of aromatic hydroxyl groups is 1. The summed E-state index contributed by atoms with van der Waals surface area (Å²) in [6.45, 7) is 0.455. The summed E-state index contributed by atoms with van der Waals surface area (Å²) < 4.78 is 17.9. The molecule has 1 aromatic carbocycles. The summed E-state index contributed by atoms with van der Waals surface area (Å²) in [5, 5.41) is 9.26. The number of hydrogen-bond acceptors (Lipinski definition) is 3. The maximum Gasteiger partial charge on any atom is 0.153 e. The molecule has 0 atom stereocenters. The van der Waals surface area contributed by atoms with Gasteiger partial charge in [-0.05, 0) is 0 Å². The highest BCUT2D eigenvalue weighted by atomic mass is 19.1. The lowest BCUT2D eigenvalue weighted by molar-refractivity contribution is 0.357. The van der Waals surface area contributed by atoms with Crippen LogP contribution in [-0.2, 0) is 6.42 Å². The number of phenolic OH excluding ortho intramolecular Hbond substituents is 1. The minimum absolute atomic E-state index is 0.0136. The number of rotatable bonds is 0. The molecule has 0 saturated heterocycles. The third kappa shape index (κ3) is 0.809. The smallest absolute Gasteiger partial charge is 0.153 e. The molecule has 0 saturated carbocycles. The van der Waals surface area contributed by atoms with Gasteiger partial charge in [0.25, 0.3) is 0 Å². The second-order valence-corrected chi connectivity index (χ2v) is 2.70. The number of phenols is 1. The van der Waals surface area contributed by atoms with Crippen LogP contribution in [0.5, 0.6) is 11.5 Å². The van der Waals surface area contributed by atoms with Crippen LogP contribution < -0.4 is 10.5 Å². The topological polar surface area (TPSA) is 55.5 Å². The molecule has 3 N–H and O–H groups in total. The van der Waals surface area contributed by atoms with Crippen molar-refractivity contribution in [2.24, 2.45) is 0 Å². The molecule has 2 rings (SSSR count). The fraction of sp³-hybridized carbons (Fsp3) is 0.250. The number of nitrogen functional groups attached to an aromatic ring is 1. The lowest BCUT2D eigenvalue weighted by Gasteiger charge is -2.05. The largest absolute Gasteiger partial charge is 0.507 e. The first-order chi connectivity index (χ1) is 5.70. The predicted octanol–water partition coefficient (Wildman–Crippen LogP) is 1.05. The molecule has 0 unspecified atom stereocenters. The zero-order chi connectivity index (χ0) is 8.72. The molecule has 0 radical (unpaired) electrons. The number of hydrogen-bond donors (Lipinski definition) is 2. The molecule has 0 aromatic heterocycles. The van der Waals surface area contributed by atoms with Crippen LogP contribution in [0.15, 0.2) is 6.07 Å². The average Bonchev–Trinajstić information content (AvgIpc) is 2.48. The van der Waals surface area contributed by atoms with Crippen LogP contribution in [0.3, 0.4) is 0 Å². The highest BCUT2D eigenvalue weighted by Gasteiger charge is 2.21. The second-order valence-electron chi connectivity index (χ2n) is 2.70. The van der Waals surface area contributed by atoms with Crippen molar-refractivity contribution in [1.29, 1.82) is 0 Å². The predicted molar refractivity (Wildman–Crippen MR) is 41.7 cm³/mol. The summed E-state index contributed by atoms with van der Waals surface area (Å²) in [6.07, 6.45) is 0.589. The van der Waals surface area contributed by atoms with E-state index in [4.69, 9.17) is 10.5 Å². The first-order valence-corrected chi connectivity index (χ1v) is 3.62. The fourth-order valence-corrected chi connectivity index (χ4v) is 1.33. The fourth-order valence-electron chi connectivity index (χ4n) is 1.33. The zero-order valence-corrected chi connectivity index (χ0v) is 6.30. The monoisotopic (exact) mass is 169 g/mol. The van der Waals surface area contributed by atoms with Gasteiger partial charge in [0, 0.05) is 18.1 Å². The Kier molecular flexibility index (Phi) is 1.36. The molecule has 1 aliphatic rings. The van der Waals surface area contributed by atoms with Crippen molar-refractivity contribution in [3.63, 3.8) is 0 Å². The van der Waals surface area contributed by atoms with E-state index in [1.165, 1.54) is 0 Å². The molecule has 12 heavy (non-hydrogen) atoms. The maximum atomic E-state index is 12.9. The number of anilines is 1. The summed E-state index contributed by atoms with van der Waals surface area (Å²) in [5.41, 5.74) is 5.98. The molecule has 64 valence electrons. The summed E-state index contributed by atoms with van der Waals surface area (Å²) in [4.78, 5) is 0. The standard InChI is InChI=1S/C8H8FNO2/c9-5-3-6(11)4-1-2-12-8(4)7(5)10/h3,11H,1-2,10H2. The molecule has 0 bridgehead atoms. The minimum atomic E-state index is -0.631. The van der Waals surface area contributed by atoms with E-state index >= 15 is 0 Å². The van der Waals surface area contributed by atoms with Gasteiger partial charge in [0.15, 0.2) is 11.6 Å². The second kappa shape index (κ2) is 2.27. The lowest BCUT2D eigenvalue weighted by Crippen LogP contribution is -1.95. The van der Waals surface area contributed by atoms with Gasteiger partial charge in [0.2, 0.25) is 0 Å². The van der Waals surface area contributed by atoms with E-state index in [1.807, 2.05) is 0 Å². The Balaban J connectivity index is 2.69. The van der Waals surface area contributed by atoms with E-state index < -0.39 is 5.82 Å². The number of benzene rings is 1. The highest BCUT2D eigenvalue weighted by molar-refractivity contribution is 5.63. The molecular formula is C8H8FNO2. The normalized spacial score (nSPS) is 14.1. The Morgan fingerprint density at radius 1 is 1.58 bits per heavy atom. The van der Waals surface area contributed by atoms with E-state index in [1.54, 1.807) is 0 Å². The van der Waals surface area contributed by atoms with Crippen LogP contribution in [0.4, 0.5) is 10.1 Å². The molecule has 3 nitrogen and oxygen atoms in total. The first-order valence-electron chi connectivity index (χ1n) is 3.62. The van der Waals surface area contributed by atoms with E-state index in [0.29, 0.717) is 24.3 Å². The van der Waals surface area contributed by atoms with Gasteiger partial charge in [-0.1, -0.05) is 0 Å². The third-order valence-corrected chi connectivity index (χ3v) is 1.95. The van der Waals surface area contributed by atoms with E-state index in [2.05, 4.69) is 0 Å². The van der Waals surface area contributed by atoms with E-state index in [0.717, 1.165) is 6.07 Å². The van der Waals surface area contributed by atoms with Gasteiger partial charge in [0.05, 0.1) is 6.61 Å². The minimum Gasteiger partial charge on any atom is -0.507 e.